The zero-order valence-electron chi connectivity index (χ0n) is 11.3. The number of benzene rings is 1. The second-order valence-electron chi connectivity index (χ2n) is 5.49. The van der Waals surface area contributed by atoms with Crippen LogP contribution in [0.4, 0.5) is 0 Å². The molecule has 1 aliphatic heterocycles. The van der Waals surface area contributed by atoms with Gasteiger partial charge in [0.1, 0.15) is 0 Å². The third kappa shape index (κ3) is 2.99. The van der Waals surface area contributed by atoms with Gasteiger partial charge in [-0.05, 0) is 16.6 Å². The average Bonchev–Trinajstić information content (AvgIpc) is 2.65. The van der Waals surface area contributed by atoms with Gasteiger partial charge >= 0.3 is 11.9 Å². The molecule has 0 spiro atoms. The predicted molar refractivity (Wildman–Crippen MR) is 73.1 cm³/mol. The standard InChI is InChI=1S/C16H16O3/c1-16(2,3)13(9-11-7-5-4-6-8-11)12-10-14(17)19-15(12)18/h4-10H,1-3H3/b13-9+. The number of esters is 2. The molecule has 0 aliphatic carbocycles. The molecule has 1 aromatic rings. The molecule has 1 aliphatic rings. The Bertz CT molecular complexity index is 572. The van der Waals surface area contributed by atoms with Crippen LogP contribution in [-0.4, -0.2) is 11.9 Å². The zero-order chi connectivity index (χ0) is 14.0. The molecule has 0 saturated carbocycles. The highest BCUT2D eigenvalue weighted by Gasteiger charge is 2.32. The lowest BCUT2D eigenvalue weighted by Crippen LogP contribution is -2.15. The van der Waals surface area contributed by atoms with E-state index in [0.717, 1.165) is 11.1 Å². The van der Waals surface area contributed by atoms with Crippen molar-refractivity contribution in [2.24, 2.45) is 5.41 Å². The molecule has 0 bridgehead atoms. The summed E-state index contributed by atoms with van der Waals surface area (Å²) in [5.74, 6) is -1.16. The molecule has 3 heteroatoms. The number of ether oxygens (including phenoxy) is 1. The van der Waals surface area contributed by atoms with Crippen LogP contribution in [0.25, 0.3) is 6.08 Å². The monoisotopic (exact) mass is 256 g/mol. The molecule has 0 saturated heterocycles. The van der Waals surface area contributed by atoms with Gasteiger partial charge in [-0.15, -0.1) is 0 Å². The minimum absolute atomic E-state index is 0.259. The second kappa shape index (κ2) is 4.84. The fraction of sp³-hybridized carbons (Fsp3) is 0.250. The van der Waals surface area contributed by atoms with Crippen LogP contribution in [0, 0.1) is 5.41 Å². The summed E-state index contributed by atoms with van der Waals surface area (Å²) in [5.41, 5.74) is 1.88. The Balaban J connectivity index is 2.50. The van der Waals surface area contributed by atoms with E-state index in [-0.39, 0.29) is 5.41 Å². The Morgan fingerprint density at radius 1 is 1.11 bits per heavy atom. The summed E-state index contributed by atoms with van der Waals surface area (Å²) in [6.45, 7) is 6.00. The lowest BCUT2D eigenvalue weighted by molar-refractivity contribution is -0.150. The van der Waals surface area contributed by atoms with E-state index in [4.69, 9.17) is 0 Å². The minimum atomic E-state index is -0.594. The van der Waals surface area contributed by atoms with Crippen LogP contribution < -0.4 is 0 Å². The summed E-state index contributed by atoms with van der Waals surface area (Å²) >= 11 is 0. The van der Waals surface area contributed by atoms with Crippen molar-refractivity contribution < 1.29 is 14.3 Å². The van der Waals surface area contributed by atoms with E-state index in [1.165, 1.54) is 6.08 Å². The molecule has 1 aromatic carbocycles. The Morgan fingerprint density at radius 3 is 2.21 bits per heavy atom. The summed E-state index contributed by atoms with van der Waals surface area (Å²) < 4.78 is 4.58. The van der Waals surface area contributed by atoms with Crippen LogP contribution in [0.5, 0.6) is 0 Å². The van der Waals surface area contributed by atoms with Crippen molar-refractivity contribution in [1.82, 2.24) is 0 Å². The van der Waals surface area contributed by atoms with Gasteiger partial charge in [0.05, 0.1) is 5.57 Å². The number of rotatable bonds is 2. The van der Waals surface area contributed by atoms with E-state index < -0.39 is 11.9 Å². The van der Waals surface area contributed by atoms with Gasteiger partial charge in [-0.2, -0.15) is 0 Å². The van der Waals surface area contributed by atoms with Crippen molar-refractivity contribution in [2.75, 3.05) is 0 Å². The van der Waals surface area contributed by atoms with Gasteiger partial charge in [0.25, 0.3) is 0 Å². The highest BCUT2D eigenvalue weighted by molar-refractivity contribution is 6.12. The third-order valence-electron chi connectivity index (χ3n) is 2.88. The minimum Gasteiger partial charge on any atom is -0.386 e. The smallest absolute Gasteiger partial charge is 0.346 e. The van der Waals surface area contributed by atoms with Crippen molar-refractivity contribution in [3.05, 3.63) is 53.1 Å². The van der Waals surface area contributed by atoms with Gasteiger partial charge in [0, 0.05) is 6.08 Å². The van der Waals surface area contributed by atoms with Gasteiger partial charge in [-0.1, -0.05) is 57.2 Å². The van der Waals surface area contributed by atoms with Crippen LogP contribution in [0.3, 0.4) is 0 Å². The van der Waals surface area contributed by atoms with Gasteiger partial charge in [-0.25, -0.2) is 9.59 Å². The molecule has 0 unspecified atom stereocenters. The highest BCUT2D eigenvalue weighted by Crippen LogP contribution is 2.35. The number of cyclic esters (lactones) is 2. The lowest BCUT2D eigenvalue weighted by Gasteiger charge is -2.23. The first-order chi connectivity index (χ1) is 8.88. The molecule has 0 aromatic heterocycles. The Hall–Kier alpha value is -2.16. The average molecular weight is 256 g/mol. The number of hydrogen-bond acceptors (Lipinski definition) is 3. The Kier molecular flexibility index (Phi) is 3.38. The number of hydrogen-bond donors (Lipinski definition) is 0. The summed E-state index contributed by atoms with van der Waals surface area (Å²) in [6, 6.07) is 9.70. The summed E-state index contributed by atoms with van der Waals surface area (Å²) in [4.78, 5) is 22.9. The van der Waals surface area contributed by atoms with E-state index in [1.54, 1.807) is 0 Å². The van der Waals surface area contributed by atoms with E-state index in [0.29, 0.717) is 5.57 Å². The summed E-state index contributed by atoms with van der Waals surface area (Å²) in [5, 5.41) is 0. The molecular weight excluding hydrogens is 240 g/mol. The molecular formula is C16H16O3. The maximum absolute atomic E-state index is 11.7. The lowest BCUT2D eigenvalue weighted by atomic mass is 9.81. The molecule has 2 rings (SSSR count). The van der Waals surface area contributed by atoms with Gasteiger partial charge in [0.2, 0.25) is 0 Å². The predicted octanol–water partition coefficient (Wildman–Crippen LogP) is 3.13. The molecule has 0 atom stereocenters. The molecule has 19 heavy (non-hydrogen) atoms. The first-order valence-corrected chi connectivity index (χ1v) is 6.13. The number of carbonyl (C=O) groups excluding carboxylic acids is 2. The SMILES string of the molecule is CC(C)(C)/C(=C/c1ccccc1)C1=CC(=O)OC1=O. The number of carbonyl (C=O) groups is 2. The van der Waals surface area contributed by atoms with Crippen LogP contribution in [0.1, 0.15) is 26.3 Å². The normalized spacial score (nSPS) is 16.4. The summed E-state index contributed by atoms with van der Waals surface area (Å²) in [6.07, 6.45) is 3.19. The zero-order valence-corrected chi connectivity index (χ0v) is 11.3. The highest BCUT2D eigenvalue weighted by atomic mass is 16.6. The largest absolute Gasteiger partial charge is 0.386 e. The van der Waals surface area contributed by atoms with Crippen molar-refractivity contribution in [3.63, 3.8) is 0 Å². The van der Waals surface area contributed by atoms with Crippen LogP contribution in [-0.2, 0) is 14.3 Å². The van der Waals surface area contributed by atoms with Crippen LogP contribution in [0.2, 0.25) is 0 Å². The second-order valence-corrected chi connectivity index (χ2v) is 5.49. The molecule has 98 valence electrons. The van der Waals surface area contributed by atoms with Crippen LogP contribution >= 0.6 is 0 Å². The van der Waals surface area contributed by atoms with E-state index in [1.807, 2.05) is 57.2 Å². The van der Waals surface area contributed by atoms with Crippen molar-refractivity contribution in [2.45, 2.75) is 20.8 Å². The van der Waals surface area contributed by atoms with Crippen molar-refractivity contribution in [1.29, 1.82) is 0 Å². The van der Waals surface area contributed by atoms with Crippen LogP contribution in [0.15, 0.2) is 47.6 Å². The van der Waals surface area contributed by atoms with Gasteiger partial charge < -0.3 is 4.74 Å². The van der Waals surface area contributed by atoms with Crippen molar-refractivity contribution in [3.8, 4) is 0 Å². The topological polar surface area (TPSA) is 43.4 Å². The first kappa shape index (κ1) is 13.3. The maximum atomic E-state index is 11.7. The quantitative estimate of drug-likeness (QED) is 0.603. The first-order valence-electron chi connectivity index (χ1n) is 6.13. The maximum Gasteiger partial charge on any atom is 0.346 e. The van der Waals surface area contributed by atoms with E-state index in [2.05, 4.69) is 4.74 Å². The van der Waals surface area contributed by atoms with Gasteiger partial charge in [-0.3, -0.25) is 0 Å². The van der Waals surface area contributed by atoms with Gasteiger partial charge in [0.15, 0.2) is 0 Å². The molecule has 0 amide bonds. The van der Waals surface area contributed by atoms with Crippen molar-refractivity contribution >= 4 is 18.0 Å². The molecule has 0 N–H and O–H groups in total. The fourth-order valence-corrected chi connectivity index (χ4v) is 1.95. The summed E-state index contributed by atoms with van der Waals surface area (Å²) in [7, 11) is 0. The Labute approximate surface area is 112 Å². The molecule has 3 nitrogen and oxygen atoms in total. The van der Waals surface area contributed by atoms with E-state index >= 15 is 0 Å². The Morgan fingerprint density at radius 2 is 1.74 bits per heavy atom. The van der Waals surface area contributed by atoms with E-state index in [9.17, 15) is 9.59 Å². The molecule has 0 fully saturated rings. The fourth-order valence-electron chi connectivity index (χ4n) is 1.95. The molecule has 1 heterocycles. The third-order valence-corrected chi connectivity index (χ3v) is 2.88. The molecule has 0 radical (unpaired) electrons.